The summed E-state index contributed by atoms with van der Waals surface area (Å²) in [4.78, 5) is -0.249. The molecule has 0 unspecified atom stereocenters. The first-order valence-corrected chi connectivity index (χ1v) is 8.48. The summed E-state index contributed by atoms with van der Waals surface area (Å²) < 4.78 is 38.9. The molecule has 0 aromatic heterocycles. The van der Waals surface area contributed by atoms with E-state index < -0.39 is 10.1 Å². The number of hydrogen-bond donors (Lipinski definition) is 0. The van der Waals surface area contributed by atoms with Crippen LogP contribution >= 0.6 is 0 Å². The van der Waals surface area contributed by atoms with Crippen molar-refractivity contribution in [2.75, 3.05) is 0 Å². The molecule has 3 rings (SSSR count). The fraction of sp³-hybridized carbons (Fsp3) is 0.0556. The van der Waals surface area contributed by atoms with Gasteiger partial charge < -0.3 is 9.29 Å². The van der Waals surface area contributed by atoms with Gasteiger partial charge in [0.25, 0.3) is 0 Å². The van der Waals surface area contributed by atoms with E-state index >= 15 is 0 Å². The van der Waals surface area contributed by atoms with E-state index in [1.807, 2.05) is 12.1 Å². The third kappa shape index (κ3) is 4.82. The molecule has 0 N–H and O–H groups in total. The molecular weight excluding hydrogens is 349 g/mol. The largest absolute Gasteiger partial charge is 1.00 e. The number of nitriles is 1. The Morgan fingerprint density at radius 3 is 2.24 bits per heavy atom. The molecule has 3 aromatic rings. The summed E-state index contributed by atoms with van der Waals surface area (Å²) in [6, 6.07) is 18.6. The Labute approximate surface area is 167 Å². The molecule has 0 saturated heterocycles. The van der Waals surface area contributed by atoms with Crippen molar-refractivity contribution in [1.82, 2.24) is 0 Å². The number of rotatable bonds is 4. The first-order chi connectivity index (χ1) is 11.5. The van der Waals surface area contributed by atoms with Gasteiger partial charge in [0.15, 0.2) is 0 Å². The Morgan fingerprint density at radius 2 is 1.60 bits per heavy atom. The maximum atomic E-state index is 11.0. The maximum absolute atomic E-state index is 11.0. The van der Waals surface area contributed by atoms with E-state index in [0.717, 1.165) is 10.9 Å². The smallest absolute Gasteiger partial charge is 0.744 e. The zero-order valence-electron chi connectivity index (χ0n) is 13.5. The Bertz CT molecular complexity index is 1040. The molecule has 0 heterocycles. The molecular formula is C18H12NNaO4S. The van der Waals surface area contributed by atoms with E-state index in [0.29, 0.717) is 23.3 Å². The minimum Gasteiger partial charge on any atom is -0.744 e. The van der Waals surface area contributed by atoms with Crippen LogP contribution in [0.1, 0.15) is 11.1 Å². The second-order valence-corrected chi connectivity index (χ2v) is 6.60. The maximum Gasteiger partial charge on any atom is 1.00 e. The monoisotopic (exact) mass is 361 g/mol. The quantitative estimate of drug-likeness (QED) is 0.489. The van der Waals surface area contributed by atoms with Gasteiger partial charge in [0, 0.05) is 0 Å². The molecule has 0 aliphatic heterocycles. The summed E-state index contributed by atoms with van der Waals surface area (Å²) in [6.07, 6.45) is 0. The van der Waals surface area contributed by atoms with E-state index in [1.165, 1.54) is 12.1 Å². The van der Waals surface area contributed by atoms with Crippen LogP contribution in [0.4, 0.5) is 0 Å². The summed E-state index contributed by atoms with van der Waals surface area (Å²) in [7, 11) is -4.46. The van der Waals surface area contributed by atoms with Gasteiger partial charge in [-0.25, -0.2) is 8.42 Å². The number of ether oxygens (including phenoxy) is 1. The van der Waals surface area contributed by atoms with Crippen LogP contribution in [0.3, 0.4) is 0 Å². The average molecular weight is 361 g/mol. The molecule has 7 heteroatoms. The van der Waals surface area contributed by atoms with Crippen LogP contribution in [0.2, 0.25) is 0 Å². The predicted molar refractivity (Wildman–Crippen MR) is 87.4 cm³/mol. The Hall–Kier alpha value is -1.88. The first kappa shape index (κ1) is 19.4. The zero-order chi connectivity index (χ0) is 17.2. The summed E-state index contributed by atoms with van der Waals surface area (Å²) in [5.41, 5.74) is 1.52. The Kier molecular flexibility index (Phi) is 6.22. The van der Waals surface area contributed by atoms with Crippen LogP contribution in [0.5, 0.6) is 5.75 Å². The van der Waals surface area contributed by atoms with Crippen LogP contribution in [-0.2, 0) is 16.7 Å². The van der Waals surface area contributed by atoms with Crippen molar-refractivity contribution >= 4 is 20.9 Å². The summed E-state index contributed by atoms with van der Waals surface area (Å²) in [5.74, 6) is 0.629. The standard InChI is InChI=1S/C18H13NO4S.Na/c19-11-13-1-3-14(4-2-13)12-23-17-7-5-16-10-18(24(20,21)22)8-6-15(16)9-17;/h1-10H,12H2,(H,20,21,22);/q;+1/p-1. The fourth-order valence-electron chi connectivity index (χ4n) is 2.29. The van der Waals surface area contributed by atoms with Crippen molar-refractivity contribution in [2.45, 2.75) is 11.5 Å². The van der Waals surface area contributed by atoms with Gasteiger partial charge in [0.1, 0.15) is 22.5 Å². The molecule has 0 radical (unpaired) electrons. The molecule has 5 nitrogen and oxygen atoms in total. The van der Waals surface area contributed by atoms with E-state index in [2.05, 4.69) is 6.07 Å². The normalized spacial score (nSPS) is 10.7. The number of fused-ring (bicyclic) bond motifs is 1. The minimum absolute atomic E-state index is 0. The van der Waals surface area contributed by atoms with Crippen molar-refractivity contribution in [1.29, 1.82) is 5.26 Å². The average Bonchev–Trinajstić information content (AvgIpc) is 2.59. The second-order valence-electron chi connectivity index (χ2n) is 5.22. The van der Waals surface area contributed by atoms with Crippen LogP contribution in [0, 0.1) is 11.3 Å². The fourth-order valence-corrected chi connectivity index (χ4v) is 2.80. The zero-order valence-corrected chi connectivity index (χ0v) is 16.3. The second kappa shape index (κ2) is 8.00. The van der Waals surface area contributed by atoms with E-state index in [-0.39, 0.29) is 34.5 Å². The molecule has 0 aliphatic carbocycles. The molecule has 0 spiro atoms. The van der Waals surface area contributed by atoms with Crippen molar-refractivity contribution in [3.63, 3.8) is 0 Å². The third-order valence-electron chi connectivity index (χ3n) is 3.56. The number of benzene rings is 3. The summed E-state index contributed by atoms with van der Waals surface area (Å²) in [6.45, 7) is 0.351. The first-order valence-electron chi connectivity index (χ1n) is 7.07. The van der Waals surface area contributed by atoms with Gasteiger partial charge in [-0.3, -0.25) is 0 Å². The molecule has 0 fully saturated rings. The van der Waals surface area contributed by atoms with Crippen LogP contribution in [-0.4, -0.2) is 13.0 Å². The molecule has 0 amide bonds. The number of hydrogen-bond acceptors (Lipinski definition) is 5. The Balaban J connectivity index is 0.00000225. The molecule has 3 aromatic carbocycles. The van der Waals surface area contributed by atoms with Crippen LogP contribution in [0.15, 0.2) is 65.6 Å². The van der Waals surface area contributed by atoms with Crippen molar-refractivity contribution in [3.05, 3.63) is 71.8 Å². The minimum atomic E-state index is -4.46. The Morgan fingerprint density at radius 1 is 0.960 bits per heavy atom. The van der Waals surface area contributed by atoms with Crippen molar-refractivity contribution in [2.24, 2.45) is 0 Å². The molecule has 0 bridgehead atoms. The third-order valence-corrected chi connectivity index (χ3v) is 4.39. The molecule has 0 atom stereocenters. The SMILES string of the molecule is N#Cc1ccc(COc2ccc3cc(S(=O)(=O)[O-])ccc3c2)cc1.[Na+]. The van der Waals surface area contributed by atoms with Gasteiger partial charge in [0.2, 0.25) is 0 Å². The van der Waals surface area contributed by atoms with Gasteiger partial charge in [0.05, 0.1) is 16.5 Å². The van der Waals surface area contributed by atoms with Crippen molar-refractivity contribution < 1.29 is 47.3 Å². The topological polar surface area (TPSA) is 90.2 Å². The molecule has 0 saturated carbocycles. The van der Waals surface area contributed by atoms with Crippen LogP contribution in [0.25, 0.3) is 10.8 Å². The van der Waals surface area contributed by atoms with Gasteiger partial charge in [-0.15, -0.1) is 0 Å². The van der Waals surface area contributed by atoms with Gasteiger partial charge >= 0.3 is 29.6 Å². The molecule has 25 heavy (non-hydrogen) atoms. The van der Waals surface area contributed by atoms with Gasteiger partial charge in [-0.05, 0) is 52.7 Å². The van der Waals surface area contributed by atoms with E-state index in [1.54, 1.807) is 36.4 Å². The van der Waals surface area contributed by atoms with Crippen LogP contribution < -0.4 is 34.3 Å². The summed E-state index contributed by atoms with van der Waals surface area (Å²) >= 11 is 0. The molecule has 120 valence electrons. The van der Waals surface area contributed by atoms with Gasteiger partial charge in [-0.1, -0.05) is 24.3 Å². The summed E-state index contributed by atoms with van der Waals surface area (Å²) in [5, 5.41) is 10.2. The van der Waals surface area contributed by atoms with Gasteiger partial charge in [-0.2, -0.15) is 5.26 Å². The predicted octanol–water partition coefficient (Wildman–Crippen LogP) is 0.199. The number of nitrogens with zero attached hydrogens (tertiary/aromatic N) is 1. The molecule has 0 aliphatic rings. The van der Waals surface area contributed by atoms with Crippen molar-refractivity contribution in [3.8, 4) is 11.8 Å². The van der Waals surface area contributed by atoms with E-state index in [9.17, 15) is 13.0 Å². The van der Waals surface area contributed by atoms with E-state index in [4.69, 9.17) is 10.00 Å².